The minimum absolute atomic E-state index is 0.909. The monoisotopic (exact) mass is 246 g/mol. The molecule has 92 valence electrons. The maximum absolute atomic E-state index is 2.58. The predicted octanol–water partition coefficient (Wildman–Crippen LogP) is 4.43. The Morgan fingerprint density at radius 2 is 1.82 bits per heavy atom. The van der Waals surface area contributed by atoms with Crippen molar-refractivity contribution in [3.8, 4) is 0 Å². The summed E-state index contributed by atoms with van der Waals surface area (Å²) in [6, 6.07) is 0. The van der Waals surface area contributed by atoms with Crippen LogP contribution in [0.4, 0.5) is 0 Å². The van der Waals surface area contributed by atoms with E-state index in [4.69, 9.17) is 0 Å². The van der Waals surface area contributed by atoms with Gasteiger partial charge in [-0.2, -0.15) is 11.8 Å². The van der Waals surface area contributed by atoms with E-state index in [1.54, 1.807) is 5.57 Å². The van der Waals surface area contributed by atoms with Gasteiger partial charge in [0, 0.05) is 0 Å². The van der Waals surface area contributed by atoms with Gasteiger partial charge in [0.15, 0.2) is 0 Å². The second-order valence-electron chi connectivity index (χ2n) is 6.42. The predicted molar refractivity (Wildman–Crippen MR) is 75.2 cm³/mol. The molecular weight excluding hydrogens is 224 g/mol. The maximum atomic E-state index is 2.58. The van der Waals surface area contributed by atoms with E-state index in [1.165, 1.54) is 50.0 Å². The molecule has 0 radical (unpaired) electrons. The second-order valence-corrected chi connectivity index (χ2v) is 7.49. The van der Waals surface area contributed by atoms with E-state index >= 15 is 0 Å². The molecule has 0 bridgehead atoms. The summed E-state index contributed by atoms with van der Waals surface area (Å²) < 4.78 is 0. The fraction of sp³-hybridized carbons (Fsp3) is 0.750. The second kappa shape index (κ2) is 4.19. The van der Waals surface area contributed by atoms with Gasteiger partial charge in [-0.05, 0) is 79.3 Å². The van der Waals surface area contributed by atoms with Gasteiger partial charge in [-0.15, -0.1) is 0 Å². The fourth-order valence-corrected chi connectivity index (χ4v) is 6.16. The van der Waals surface area contributed by atoms with Crippen LogP contribution in [0.3, 0.4) is 0 Å². The normalized spacial score (nSPS) is 44.2. The quantitative estimate of drug-likeness (QED) is 0.609. The van der Waals surface area contributed by atoms with Crippen molar-refractivity contribution in [1.82, 2.24) is 0 Å². The number of hydrogen-bond acceptors (Lipinski definition) is 1. The molecule has 1 aliphatic heterocycles. The minimum atomic E-state index is 0.909. The lowest BCUT2D eigenvalue weighted by Crippen LogP contribution is -2.33. The zero-order valence-electron chi connectivity index (χ0n) is 10.5. The van der Waals surface area contributed by atoms with Crippen molar-refractivity contribution < 1.29 is 0 Å². The molecule has 0 aromatic heterocycles. The van der Waals surface area contributed by atoms with Gasteiger partial charge in [0.25, 0.3) is 0 Å². The SMILES string of the molecule is C1=CC2CC3CSCC3CC2C2=C1CCCC2. The molecule has 1 heterocycles. The van der Waals surface area contributed by atoms with Crippen LogP contribution in [-0.4, -0.2) is 11.5 Å². The molecule has 0 nitrogen and oxygen atoms in total. The lowest BCUT2D eigenvalue weighted by Gasteiger charge is -2.42. The van der Waals surface area contributed by atoms with Crippen molar-refractivity contribution in [3.63, 3.8) is 0 Å². The highest BCUT2D eigenvalue weighted by atomic mass is 32.2. The first kappa shape index (κ1) is 10.7. The van der Waals surface area contributed by atoms with E-state index in [-0.39, 0.29) is 0 Å². The van der Waals surface area contributed by atoms with Crippen molar-refractivity contribution in [2.45, 2.75) is 38.5 Å². The molecule has 0 spiro atoms. The van der Waals surface area contributed by atoms with E-state index in [9.17, 15) is 0 Å². The molecule has 0 aromatic rings. The lowest BCUT2D eigenvalue weighted by atomic mass is 9.63. The Bertz CT molecular complexity index is 379. The topological polar surface area (TPSA) is 0 Å². The van der Waals surface area contributed by atoms with E-state index < -0.39 is 0 Å². The van der Waals surface area contributed by atoms with Crippen LogP contribution in [0, 0.1) is 23.7 Å². The first-order valence-electron chi connectivity index (χ1n) is 7.39. The molecule has 4 rings (SSSR count). The van der Waals surface area contributed by atoms with E-state index in [1.807, 2.05) is 5.57 Å². The lowest BCUT2D eigenvalue weighted by molar-refractivity contribution is 0.191. The van der Waals surface area contributed by atoms with Crippen LogP contribution >= 0.6 is 11.8 Å². The Morgan fingerprint density at radius 1 is 1.00 bits per heavy atom. The maximum Gasteiger partial charge on any atom is -0.00359 e. The van der Waals surface area contributed by atoms with Crippen molar-refractivity contribution in [2.24, 2.45) is 23.7 Å². The molecule has 0 N–H and O–H groups in total. The van der Waals surface area contributed by atoms with Crippen LogP contribution in [0.25, 0.3) is 0 Å². The van der Waals surface area contributed by atoms with E-state index in [0.717, 1.165) is 23.7 Å². The smallest absolute Gasteiger partial charge is 0.00359 e. The summed E-state index contributed by atoms with van der Waals surface area (Å²) in [5, 5.41) is 0. The van der Waals surface area contributed by atoms with Crippen molar-refractivity contribution in [3.05, 3.63) is 23.3 Å². The molecule has 1 saturated carbocycles. The number of thioether (sulfide) groups is 1. The standard InChI is InChI=1S/C16H22S/c1-2-4-15-11(3-1)5-6-12-7-13-9-17-10-14(13)8-16(12)15/h5-6,12-14,16H,1-4,7-10H2. The van der Waals surface area contributed by atoms with Gasteiger partial charge in [0.05, 0.1) is 0 Å². The van der Waals surface area contributed by atoms with E-state index in [0.29, 0.717) is 0 Å². The van der Waals surface area contributed by atoms with Gasteiger partial charge >= 0.3 is 0 Å². The van der Waals surface area contributed by atoms with Crippen LogP contribution in [0.5, 0.6) is 0 Å². The fourth-order valence-electron chi connectivity index (χ4n) is 4.60. The van der Waals surface area contributed by atoms with Crippen LogP contribution in [-0.2, 0) is 0 Å². The highest BCUT2D eigenvalue weighted by Gasteiger charge is 2.41. The van der Waals surface area contributed by atoms with Gasteiger partial charge in [0.1, 0.15) is 0 Å². The third kappa shape index (κ3) is 1.73. The summed E-state index contributed by atoms with van der Waals surface area (Å²) in [7, 11) is 0. The first-order chi connectivity index (χ1) is 8.42. The summed E-state index contributed by atoms with van der Waals surface area (Å²) in [6.07, 6.45) is 13.8. The molecule has 0 aromatic carbocycles. The summed E-state index contributed by atoms with van der Waals surface area (Å²) in [5.41, 5.74) is 3.63. The number of allylic oxidation sites excluding steroid dienone is 4. The van der Waals surface area contributed by atoms with Gasteiger partial charge < -0.3 is 0 Å². The first-order valence-corrected chi connectivity index (χ1v) is 8.55. The summed E-state index contributed by atoms with van der Waals surface area (Å²) in [6.45, 7) is 0. The molecule has 0 amide bonds. The number of hydrogen-bond donors (Lipinski definition) is 0. The number of fused-ring (bicyclic) bond motifs is 3. The molecular formula is C16H22S. The van der Waals surface area contributed by atoms with E-state index in [2.05, 4.69) is 23.9 Å². The third-order valence-corrected chi connectivity index (χ3v) is 6.85. The van der Waals surface area contributed by atoms with Crippen molar-refractivity contribution >= 4 is 11.8 Å². The third-order valence-electron chi connectivity index (χ3n) is 5.53. The highest BCUT2D eigenvalue weighted by Crippen LogP contribution is 2.51. The average molecular weight is 246 g/mol. The molecule has 1 saturated heterocycles. The minimum Gasteiger partial charge on any atom is -0.161 e. The summed E-state index contributed by atoms with van der Waals surface area (Å²) in [5.74, 6) is 6.88. The van der Waals surface area contributed by atoms with Crippen LogP contribution in [0.2, 0.25) is 0 Å². The van der Waals surface area contributed by atoms with Crippen LogP contribution < -0.4 is 0 Å². The summed E-state index contributed by atoms with van der Waals surface area (Å²) in [4.78, 5) is 0. The van der Waals surface area contributed by atoms with Crippen LogP contribution in [0.15, 0.2) is 23.3 Å². The van der Waals surface area contributed by atoms with Gasteiger partial charge in [-0.25, -0.2) is 0 Å². The van der Waals surface area contributed by atoms with Crippen molar-refractivity contribution in [1.29, 1.82) is 0 Å². The molecule has 1 heteroatoms. The average Bonchev–Trinajstić information content (AvgIpc) is 2.83. The Labute approximate surface area is 109 Å². The molecule has 4 atom stereocenters. The molecule has 4 unspecified atom stereocenters. The van der Waals surface area contributed by atoms with Gasteiger partial charge in [-0.1, -0.05) is 17.7 Å². The van der Waals surface area contributed by atoms with Gasteiger partial charge in [-0.3, -0.25) is 0 Å². The molecule has 3 aliphatic carbocycles. The Balaban J connectivity index is 1.64. The van der Waals surface area contributed by atoms with Gasteiger partial charge in [0.2, 0.25) is 0 Å². The molecule has 2 fully saturated rings. The van der Waals surface area contributed by atoms with Crippen molar-refractivity contribution in [2.75, 3.05) is 11.5 Å². The zero-order valence-corrected chi connectivity index (χ0v) is 11.3. The zero-order chi connectivity index (χ0) is 11.2. The Hall–Kier alpha value is -0.170. The molecule has 4 aliphatic rings. The largest absolute Gasteiger partial charge is 0.161 e. The van der Waals surface area contributed by atoms with Crippen LogP contribution in [0.1, 0.15) is 38.5 Å². The molecule has 17 heavy (non-hydrogen) atoms. The number of rotatable bonds is 0. The Morgan fingerprint density at radius 3 is 2.76 bits per heavy atom. The Kier molecular flexibility index (Phi) is 2.64. The highest BCUT2D eigenvalue weighted by molar-refractivity contribution is 7.99. The summed E-state index contributed by atoms with van der Waals surface area (Å²) >= 11 is 2.21.